The summed E-state index contributed by atoms with van der Waals surface area (Å²) in [5, 5.41) is 2.79. The number of carbonyl (C=O) groups excluding carboxylic acids is 2. The number of piperidine rings is 1. The number of methoxy groups -OCH3 is 1. The zero-order chi connectivity index (χ0) is 16.7. The largest absolute Gasteiger partial charge is 0.497 e. The van der Waals surface area contributed by atoms with Gasteiger partial charge in [0.25, 0.3) is 5.91 Å². The van der Waals surface area contributed by atoms with E-state index in [1.165, 1.54) is 0 Å². The first-order chi connectivity index (χ1) is 11.1. The summed E-state index contributed by atoms with van der Waals surface area (Å²) in [6.45, 7) is 1.38. The van der Waals surface area contributed by atoms with Crippen LogP contribution in [0.5, 0.6) is 5.75 Å². The van der Waals surface area contributed by atoms with Crippen molar-refractivity contribution in [2.24, 2.45) is 0 Å². The van der Waals surface area contributed by atoms with Crippen LogP contribution < -0.4 is 10.1 Å². The zero-order valence-corrected chi connectivity index (χ0v) is 13.8. The monoisotopic (exact) mass is 340 g/mol. The van der Waals surface area contributed by atoms with Crippen LogP contribution in [0.15, 0.2) is 24.3 Å². The van der Waals surface area contributed by atoms with Crippen molar-refractivity contribution in [3.05, 3.63) is 29.8 Å². The molecule has 0 aromatic heterocycles. The SMILES string of the molecule is COc1cccc(C(=O)N2CCC(NC(=O)OCCCl)CC2)c1. The highest BCUT2D eigenvalue weighted by molar-refractivity contribution is 6.18. The van der Waals surface area contributed by atoms with Crippen LogP contribution in [-0.2, 0) is 4.74 Å². The molecule has 126 valence electrons. The van der Waals surface area contributed by atoms with Crippen molar-refractivity contribution in [2.75, 3.05) is 32.7 Å². The predicted molar refractivity (Wildman–Crippen MR) is 87.1 cm³/mol. The van der Waals surface area contributed by atoms with Crippen LogP contribution >= 0.6 is 11.6 Å². The topological polar surface area (TPSA) is 67.9 Å². The molecule has 0 saturated carbocycles. The lowest BCUT2D eigenvalue weighted by Gasteiger charge is -2.32. The average molecular weight is 341 g/mol. The number of nitrogens with one attached hydrogen (secondary N) is 1. The first-order valence-electron chi connectivity index (χ1n) is 7.56. The quantitative estimate of drug-likeness (QED) is 0.835. The lowest BCUT2D eigenvalue weighted by Crippen LogP contribution is -2.46. The Morgan fingerprint density at radius 2 is 2.09 bits per heavy atom. The van der Waals surface area contributed by atoms with Gasteiger partial charge in [-0.25, -0.2) is 4.79 Å². The number of benzene rings is 1. The Kier molecular flexibility index (Phi) is 6.52. The van der Waals surface area contributed by atoms with E-state index < -0.39 is 6.09 Å². The molecule has 1 saturated heterocycles. The van der Waals surface area contributed by atoms with E-state index >= 15 is 0 Å². The fourth-order valence-electron chi connectivity index (χ4n) is 2.51. The van der Waals surface area contributed by atoms with Gasteiger partial charge in [-0.3, -0.25) is 4.79 Å². The van der Waals surface area contributed by atoms with Crippen LogP contribution in [0.1, 0.15) is 23.2 Å². The Hall–Kier alpha value is -1.95. The molecule has 2 rings (SSSR count). The smallest absolute Gasteiger partial charge is 0.407 e. The maximum atomic E-state index is 12.5. The molecule has 23 heavy (non-hydrogen) atoms. The fraction of sp³-hybridized carbons (Fsp3) is 0.500. The second-order valence-electron chi connectivity index (χ2n) is 5.27. The summed E-state index contributed by atoms with van der Waals surface area (Å²) >= 11 is 5.46. The Balaban J connectivity index is 1.83. The number of carbonyl (C=O) groups is 2. The number of ether oxygens (including phenoxy) is 2. The van der Waals surface area contributed by atoms with Gasteiger partial charge in [0, 0.05) is 24.7 Å². The van der Waals surface area contributed by atoms with E-state index in [2.05, 4.69) is 5.32 Å². The van der Waals surface area contributed by atoms with E-state index in [0.717, 1.165) is 0 Å². The van der Waals surface area contributed by atoms with Gasteiger partial charge < -0.3 is 19.7 Å². The van der Waals surface area contributed by atoms with Crippen LogP contribution in [0.2, 0.25) is 0 Å². The number of hydrogen-bond acceptors (Lipinski definition) is 4. The summed E-state index contributed by atoms with van der Waals surface area (Å²) in [6, 6.07) is 7.13. The third kappa shape index (κ3) is 5.03. The molecule has 0 spiro atoms. The number of alkyl halides is 1. The Morgan fingerprint density at radius 3 is 2.74 bits per heavy atom. The lowest BCUT2D eigenvalue weighted by molar-refractivity contribution is 0.0702. The number of hydrogen-bond donors (Lipinski definition) is 1. The van der Waals surface area contributed by atoms with Gasteiger partial charge in [-0.1, -0.05) is 6.07 Å². The number of amides is 2. The van der Waals surface area contributed by atoms with E-state index in [0.29, 0.717) is 37.2 Å². The molecule has 1 fully saturated rings. The van der Waals surface area contributed by atoms with Gasteiger partial charge in [-0.05, 0) is 31.0 Å². The van der Waals surface area contributed by atoms with Gasteiger partial charge >= 0.3 is 6.09 Å². The molecule has 1 aliphatic rings. The third-order valence-electron chi connectivity index (χ3n) is 3.73. The Labute approximate surface area is 140 Å². The first-order valence-corrected chi connectivity index (χ1v) is 8.10. The van der Waals surface area contributed by atoms with Crippen LogP contribution in [0.3, 0.4) is 0 Å². The number of halogens is 1. The second kappa shape index (κ2) is 8.62. The fourth-order valence-corrected chi connectivity index (χ4v) is 2.58. The maximum Gasteiger partial charge on any atom is 0.407 e. The highest BCUT2D eigenvalue weighted by Crippen LogP contribution is 2.17. The Bertz CT molecular complexity index is 545. The molecule has 0 unspecified atom stereocenters. The third-order valence-corrected chi connectivity index (χ3v) is 3.89. The molecule has 2 amide bonds. The minimum absolute atomic E-state index is 0.0205. The molecule has 0 radical (unpaired) electrons. The molecule has 0 aliphatic carbocycles. The van der Waals surface area contributed by atoms with Gasteiger partial charge in [0.1, 0.15) is 12.4 Å². The van der Waals surface area contributed by atoms with Crippen molar-refractivity contribution in [3.8, 4) is 5.75 Å². The standard InChI is InChI=1S/C16H21ClN2O4/c1-22-14-4-2-3-12(11-14)15(20)19-8-5-13(6-9-19)18-16(21)23-10-7-17/h2-4,11,13H,5-10H2,1H3,(H,18,21). The minimum atomic E-state index is -0.455. The van der Waals surface area contributed by atoms with Crippen molar-refractivity contribution in [1.82, 2.24) is 10.2 Å². The van der Waals surface area contributed by atoms with E-state index in [-0.39, 0.29) is 24.4 Å². The van der Waals surface area contributed by atoms with Gasteiger partial charge in [0.05, 0.1) is 13.0 Å². The van der Waals surface area contributed by atoms with Crippen molar-refractivity contribution in [3.63, 3.8) is 0 Å². The summed E-state index contributed by atoms with van der Waals surface area (Å²) in [6.07, 6.45) is 0.945. The molecule has 1 heterocycles. The molecule has 7 heteroatoms. The van der Waals surface area contributed by atoms with E-state index in [4.69, 9.17) is 21.1 Å². The van der Waals surface area contributed by atoms with Crippen LogP contribution in [0.25, 0.3) is 0 Å². The van der Waals surface area contributed by atoms with Gasteiger partial charge in [-0.2, -0.15) is 0 Å². The predicted octanol–water partition coefficient (Wildman–Crippen LogP) is 2.26. The summed E-state index contributed by atoms with van der Waals surface area (Å²) in [5.41, 5.74) is 0.609. The maximum absolute atomic E-state index is 12.5. The van der Waals surface area contributed by atoms with Gasteiger partial charge in [0.2, 0.25) is 0 Å². The normalized spacial score (nSPS) is 15.1. The number of likely N-dealkylation sites (tertiary alicyclic amines) is 1. The van der Waals surface area contributed by atoms with E-state index in [1.807, 2.05) is 0 Å². The molecule has 1 aromatic rings. The van der Waals surface area contributed by atoms with E-state index in [1.54, 1.807) is 36.3 Å². The summed E-state index contributed by atoms with van der Waals surface area (Å²) in [4.78, 5) is 25.8. The van der Waals surface area contributed by atoms with Crippen molar-refractivity contribution >= 4 is 23.6 Å². The molecule has 1 aromatic carbocycles. The van der Waals surface area contributed by atoms with Crippen LogP contribution in [0, 0.1) is 0 Å². The number of alkyl carbamates (subject to hydrolysis) is 1. The van der Waals surface area contributed by atoms with Gasteiger partial charge in [0.15, 0.2) is 0 Å². The van der Waals surface area contributed by atoms with Crippen LogP contribution in [0.4, 0.5) is 4.79 Å². The average Bonchev–Trinajstić information content (AvgIpc) is 2.60. The number of rotatable bonds is 5. The van der Waals surface area contributed by atoms with E-state index in [9.17, 15) is 9.59 Å². The molecular weight excluding hydrogens is 320 g/mol. The first kappa shape index (κ1) is 17.4. The van der Waals surface area contributed by atoms with Crippen molar-refractivity contribution in [2.45, 2.75) is 18.9 Å². The molecule has 1 aliphatic heterocycles. The van der Waals surface area contributed by atoms with Gasteiger partial charge in [-0.15, -0.1) is 11.6 Å². The summed E-state index contributed by atoms with van der Waals surface area (Å²) in [5.74, 6) is 0.919. The lowest BCUT2D eigenvalue weighted by atomic mass is 10.0. The molecule has 6 nitrogen and oxygen atoms in total. The number of nitrogens with zero attached hydrogens (tertiary/aromatic N) is 1. The van der Waals surface area contributed by atoms with Crippen molar-refractivity contribution < 1.29 is 19.1 Å². The second-order valence-corrected chi connectivity index (χ2v) is 5.65. The molecule has 1 N–H and O–H groups in total. The highest BCUT2D eigenvalue weighted by Gasteiger charge is 2.25. The van der Waals surface area contributed by atoms with Crippen LogP contribution in [-0.4, -0.2) is 55.6 Å². The molecule has 0 atom stereocenters. The molecular formula is C16H21ClN2O4. The van der Waals surface area contributed by atoms with Crippen molar-refractivity contribution in [1.29, 1.82) is 0 Å². The summed E-state index contributed by atoms with van der Waals surface area (Å²) in [7, 11) is 1.57. The minimum Gasteiger partial charge on any atom is -0.497 e. The Morgan fingerprint density at radius 1 is 1.35 bits per heavy atom. The molecule has 0 bridgehead atoms. The summed E-state index contributed by atoms with van der Waals surface area (Å²) < 4.78 is 10.0. The highest BCUT2D eigenvalue weighted by atomic mass is 35.5. The zero-order valence-electron chi connectivity index (χ0n) is 13.1.